The fourth-order valence-corrected chi connectivity index (χ4v) is 2.83. The molecule has 1 atom stereocenters. The zero-order chi connectivity index (χ0) is 13.4. The van der Waals surface area contributed by atoms with Gasteiger partial charge in [0.15, 0.2) is 0 Å². The molecule has 3 N–H and O–H groups in total. The van der Waals surface area contributed by atoms with E-state index in [2.05, 4.69) is 28.0 Å². The lowest BCUT2D eigenvalue weighted by Crippen LogP contribution is -2.28. The van der Waals surface area contributed by atoms with Crippen LogP contribution in [0.25, 0.3) is 11.0 Å². The Bertz CT molecular complexity index is 718. The van der Waals surface area contributed by atoms with Crippen molar-refractivity contribution < 1.29 is 4.42 Å². The van der Waals surface area contributed by atoms with Crippen LogP contribution in [0.1, 0.15) is 27.9 Å². The Morgan fingerprint density at radius 2 is 2.16 bits per heavy atom. The van der Waals surface area contributed by atoms with E-state index in [0.29, 0.717) is 0 Å². The van der Waals surface area contributed by atoms with Crippen molar-refractivity contribution in [1.82, 2.24) is 15.0 Å². The average Bonchev–Trinajstić information content (AvgIpc) is 2.97. The SMILES string of the molecule is Cc1ccc2oc(C(NN)c3snnc3C)cc2c1. The molecule has 0 saturated carbocycles. The Hall–Kier alpha value is -1.76. The summed E-state index contributed by atoms with van der Waals surface area (Å²) in [5.41, 5.74) is 5.70. The van der Waals surface area contributed by atoms with Crippen LogP contribution in [0.4, 0.5) is 0 Å². The van der Waals surface area contributed by atoms with Gasteiger partial charge in [0.2, 0.25) is 0 Å². The average molecular weight is 274 g/mol. The summed E-state index contributed by atoms with van der Waals surface area (Å²) < 4.78 is 9.80. The zero-order valence-electron chi connectivity index (χ0n) is 10.7. The van der Waals surface area contributed by atoms with E-state index in [1.807, 2.05) is 25.1 Å². The van der Waals surface area contributed by atoms with Crippen LogP contribution in [0.2, 0.25) is 0 Å². The van der Waals surface area contributed by atoms with Crippen molar-refractivity contribution in [3.8, 4) is 0 Å². The molecule has 0 fully saturated rings. The first-order valence-electron chi connectivity index (χ1n) is 5.94. The molecule has 3 rings (SSSR count). The number of nitrogens with one attached hydrogen (secondary N) is 1. The van der Waals surface area contributed by atoms with Crippen molar-refractivity contribution in [3.63, 3.8) is 0 Å². The van der Waals surface area contributed by atoms with Crippen LogP contribution in [0, 0.1) is 13.8 Å². The third kappa shape index (κ3) is 2.14. The number of rotatable bonds is 3. The van der Waals surface area contributed by atoms with Gasteiger partial charge in [-0.2, -0.15) is 0 Å². The third-order valence-corrected chi connectivity index (χ3v) is 3.98. The summed E-state index contributed by atoms with van der Waals surface area (Å²) >= 11 is 1.33. The van der Waals surface area contributed by atoms with E-state index in [1.54, 1.807) is 0 Å². The fraction of sp³-hybridized carbons (Fsp3) is 0.231. The fourth-order valence-electron chi connectivity index (χ4n) is 2.12. The minimum Gasteiger partial charge on any atom is -0.459 e. The highest BCUT2D eigenvalue weighted by atomic mass is 32.1. The van der Waals surface area contributed by atoms with E-state index in [9.17, 15) is 0 Å². The number of aryl methyl sites for hydroxylation is 2. The number of nitrogens with two attached hydrogens (primary N) is 1. The Kier molecular flexibility index (Phi) is 3.06. The van der Waals surface area contributed by atoms with Crippen molar-refractivity contribution in [2.45, 2.75) is 19.9 Å². The lowest BCUT2D eigenvalue weighted by atomic mass is 10.1. The van der Waals surface area contributed by atoms with E-state index in [-0.39, 0.29) is 6.04 Å². The molecule has 0 radical (unpaired) electrons. The van der Waals surface area contributed by atoms with Gasteiger partial charge in [0.1, 0.15) is 17.4 Å². The Morgan fingerprint density at radius 3 is 2.84 bits per heavy atom. The van der Waals surface area contributed by atoms with Crippen molar-refractivity contribution >= 4 is 22.5 Å². The molecule has 0 aliphatic heterocycles. The maximum absolute atomic E-state index is 5.86. The predicted octanol–water partition coefficient (Wildman–Crippen LogP) is 2.45. The van der Waals surface area contributed by atoms with E-state index in [4.69, 9.17) is 10.3 Å². The molecule has 0 bridgehead atoms. The number of fused-ring (bicyclic) bond motifs is 1. The van der Waals surface area contributed by atoms with Crippen LogP contribution in [0.3, 0.4) is 0 Å². The molecule has 2 aromatic heterocycles. The molecule has 0 aliphatic carbocycles. The van der Waals surface area contributed by atoms with Gasteiger partial charge in [-0.3, -0.25) is 5.84 Å². The van der Waals surface area contributed by atoms with E-state index >= 15 is 0 Å². The van der Waals surface area contributed by atoms with Gasteiger partial charge in [0.25, 0.3) is 0 Å². The number of benzene rings is 1. The van der Waals surface area contributed by atoms with Gasteiger partial charge in [-0.15, -0.1) is 5.10 Å². The first-order chi connectivity index (χ1) is 9.19. The second-order valence-electron chi connectivity index (χ2n) is 4.51. The van der Waals surface area contributed by atoms with Crippen LogP contribution in [-0.4, -0.2) is 9.59 Å². The van der Waals surface area contributed by atoms with Crippen LogP contribution in [0.5, 0.6) is 0 Å². The highest BCUT2D eigenvalue weighted by Crippen LogP contribution is 2.30. The summed E-state index contributed by atoms with van der Waals surface area (Å²) in [4.78, 5) is 0.971. The second-order valence-corrected chi connectivity index (χ2v) is 5.30. The van der Waals surface area contributed by atoms with Crippen LogP contribution in [-0.2, 0) is 0 Å². The van der Waals surface area contributed by atoms with E-state index in [1.165, 1.54) is 17.1 Å². The van der Waals surface area contributed by atoms with Crippen LogP contribution >= 0.6 is 11.5 Å². The van der Waals surface area contributed by atoms with Gasteiger partial charge in [-0.1, -0.05) is 16.1 Å². The zero-order valence-corrected chi connectivity index (χ0v) is 11.5. The molecule has 0 saturated heterocycles. The van der Waals surface area contributed by atoms with Crippen LogP contribution < -0.4 is 11.3 Å². The number of hydrogen-bond donors (Lipinski definition) is 2. The summed E-state index contributed by atoms with van der Waals surface area (Å²) in [5, 5.41) is 5.08. The molecule has 3 aromatic rings. The first-order valence-corrected chi connectivity index (χ1v) is 6.71. The third-order valence-electron chi connectivity index (χ3n) is 3.09. The number of aromatic nitrogens is 2. The lowest BCUT2D eigenvalue weighted by Gasteiger charge is -2.10. The molecule has 0 spiro atoms. The van der Waals surface area contributed by atoms with Gasteiger partial charge in [-0.25, -0.2) is 5.43 Å². The summed E-state index contributed by atoms with van der Waals surface area (Å²) in [6, 6.07) is 7.88. The molecule has 19 heavy (non-hydrogen) atoms. The molecule has 5 nitrogen and oxygen atoms in total. The number of furan rings is 1. The number of nitrogens with zero attached hydrogens (tertiary/aromatic N) is 2. The summed E-state index contributed by atoms with van der Waals surface area (Å²) in [6.45, 7) is 3.97. The van der Waals surface area contributed by atoms with E-state index in [0.717, 1.165) is 27.3 Å². The van der Waals surface area contributed by atoms with Gasteiger partial charge in [0.05, 0.1) is 10.6 Å². The Morgan fingerprint density at radius 1 is 1.32 bits per heavy atom. The van der Waals surface area contributed by atoms with Gasteiger partial charge >= 0.3 is 0 Å². The monoisotopic (exact) mass is 274 g/mol. The normalized spacial score (nSPS) is 13.0. The molecule has 0 aliphatic rings. The molecule has 1 aromatic carbocycles. The number of hydrogen-bond acceptors (Lipinski definition) is 6. The minimum absolute atomic E-state index is 0.215. The minimum atomic E-state index is -0.215. The molecule has 0 amide bonds. The summed E-state index contributed by atoms with van der Waals surface area (Å²) in [5.74, 6) is 6.43. The van der Waals surface area contributed by atoms with Crippen molar-refractivity contribution in [1.29, 1.82) is 0 Å². The largest absolute Gasteiger partial charge is 0.459 e. The molecule has 1 unspecified atom stereocenters. The summed E-state index contributed by atoms with van der Waals surface area (Å²) in [7, 11) is 0. The lowest BCUT2D eigenvalue weighted by molar-refractivity contribution is 0.479. The highest BCUT2D eigenvalue weighted by Gasteiger charge is 2.21. The van der Waals surface area contributed by atoms with Crippen molar-refractivity contribution in [2.75, 3.05) is 0 Å². The molecule has 2 heterocycles. The summed E-state index contributed by atoms with van der Waals surface area (Å²) in [6.07, 6.45) is 0. The van der Waals surface area contributed by atoms with Gasteiger partial charge in [0, 0.05) is 5.39 Å². The molecular weight excluding hydrogens is 260 g/mol. The Balaban J connectivity index is 2.09. The maximum Gasteiger partial charge on any atom is 0.134 e. The molecular formula is C13H14N4OS. The van der Waals surface area contributed by atoms with Gasteiger partial charge < -0.3 is 4.42 Å². The number of hydrazine groups is 1. The topological polar surface area (TPSA) is 77.0 Å². The standard InChI is InChI=1S/C13H14N4OS/c1-7-3-4-10-9(5-7)6-11(18-10)12(15-14)13-8(2)16-17-19-13/h3-6,12,15H,14H2,1-2H3. The van der Waals surface area contributed by atoms with Gasteiger partial charge in [-0.05, 0) is 43.6 Å². The Labute approximate surface area is 114 Å². The van der Waals surface area contributed by atoms with E-state index < -0.39 is 0 Å². The van der Waals surface area contributed by atoms with Crippen molar-refractivity contribution in [3.05, 3.63) is 46.2 Å². The maximum atomic E-state index is 5.86. The predicted molar refractivity (Wildman–Crippen MR) is 74.8 cm³/mol. The molecule has 98 valence electrons. The second kappa shape index (κ2) is 4.73. The van der Waals surface area contributed by atoms with Crippen LogP contribution in [0.15, 0.2) is 28.7 Å². The first kappa shape index (κ1) is 12.3. The van der Waals surface area contributed by atoms with Crippen molar-refractivity contribution in [2.24, 2.45) is 5.84 Å². The quantitative estimate of drug-likeness (QED) is 0.566. The molecule has 6 heteroatoms. The highest BCUT2D eigenvalue weighted by molar-refractivity contribution is 7.05. The smallest absolute Gasteiger partial charge is 0.134 e.